The molecule has 19 nitrogen and oxygen atoms in total. The normalized spacial score (nSPS) is 30.8. The summed E-state index contributed by atoms with van der Waals surface area (Å²) in [6, 6.07) is -1.01. The topological polar surface area (TPSA) is 307 Å². The van der Waals surface area contributed by atoms with Crippen molar-refractivity contribution < 1.29 is 89.4 Å². The Kier molecular flexibility index (Phi) is 38.1. The van der Waals surface area contributed by atoms with Gasteiger partial charge in [-0.1, -0.05) is 149 Å². The van der Waals surface area contributed by atoms with Crippen LogP contribution in [0.5, 0.6) is 0 Å². The van der Waals surface area contributed by atoms with Crippen molar-refractivity contribution in [2.45, 2.75) is 240 Å². The van der Waals surface area contributed by atoms with Gasteiger partial charge in [0.25, 0.3) is 0 Å². The first-order valence-corrected chi connectivity index (χ1v) is 29.1. The van der Waals surface area contributed by atoms with Gasteiger partial charge in [0, 0.05) is 6.42 Å². The maximum absolute atomic E-state index is 13.3. The lowest BCUT2D eigenvalue weighted by molar-refractivity contribution is -0.379. The van der Waals surface area contributed by atoms with Crippen LogP contribution in [0, 0.1) is 0 Å². The molecule has 17 atom stereocenters. The van der Waals surface area contributed by atoms with Crippen LogP contribution >= 0.6 is 0 Å². The van der Waals surface area contributed by atoms with Crippen molar-refractivity contribution >= 4 is 5.91 Å². The third-order valence-corrected chi connectivity index (χ3v) is 13.8. The highest BCUT2D eigenvalue weighted by molar-refractivity contribution is 5.76. The monoisotopic (exact) mass is 1130 g/mol. The molecule has 0 saturated carbocycles. The van der Waals surface area contributed by atoms with E-state index in [1.54, 1.807) is 6.08 Å². The second-order valence-corrected chi connectivity index (χ2v) is 20.4. The maximum atomic E-state index is 13.3. The molecule has 3 rings (SSSR count). The van der Waals surface area contributed by atoms with Gasteiger partial charge in [-0.25, -0.2) is 0 Å². The third kappa shape index (κ3) is 26.8. The predicted molar refractivity (Wildman–Crippen MR) is 304 cm³/mol. The molecular weight excluding hydrogens is 1030 g/mol. The Balaban J connectivity index is 1.48. The number of rotatable bonds is 40. The molecule has 12 N–H and O–H groups in total. The zero-order chi connectivity index (χ0) is 58.3. The number of allylic oxidation sites excluding steroid dienone is 17. The molecule has 0 aromatic carbocycles. The molecule has 0 radical (unpaired) electrons. The highest BCUT2D eigenvalue weighted by atomic mass is 16.8. The van der Waals surface area contributed by atoms with Crippen molar-refractivity contribution in [1.29, 1.82) is 0 Å². The number of carbonyl (C=O) groups is 1. The molecule has 3 saturated heterocycles. The fraction of sp³-hybridized carbons (Fsp3) is 0.689. The Morgan fingerprint density at radius 2 is 0.875 bits per heavy atom. The zero-order valence-electron chi connectivity index (χ0n) is 47.2. The number of aliphatic hydroxyl groups excluding tert-OH is 11. The largest absolute Gasteiger partial charge is 0.394 e. The van der Waals surface area contributed by atoms with E-state index in [1.807, 2.05) is 6.08 Å². The summed E-state index contributed by atoms with van der Waals surface area (Å²) >= 11 is 0. The van der Waals surface area contributed by atoms with Gasteiger partial charge in [-0.05, 0) is 89.9 Å². The van der Waals surface area contributed by atoms with E-state index in [1.165, 1.54) is 19.3 Å². The molecular formula is C61H99NO18. The molecule has 0 aromatic rings. The minimum Gasteiger partial charge on any atom is -0.394 e. The van der Waals surface area contributed by atoms with Crippen molar-refractivity contribution in [2.75, 3.05) is 26.4 Å². The van der Waals surface area contributed by atoms with E-state index in [9.17, 15) is 61.0 Å². The Hall–Kier alpha value is -3.55. The van der Waals surface area contributed by atoms with Crippen LogP contribution in [-0.2, 0) is 33.2 Å². The van der Waals surface area contributed by atoms with Crippen molar-refractivity contribution in [3.05, 3.63) is 109 Å². The molecule has 3 aliphatic heterocycles. The first-order chi connectivity index (χ1) is 38.8. The van der Waals surface area contributed by atoms with Gasteiger partial charge in [-0.15, -0.1) is 0 Å². The van der Waals surface area contributed by atoms with Crippen LogP contribution in [-0.4, -0.2) is 193 Å². The second kappa shape index (κ2) is 43.1. The molecule has 0 spiro atoms. The Morgan fingerprint density at radius 3 is 1.38 bits per heavy atom. The molecule has 0 aromatic heterocycles. The van der Waals surface area contributed by atoms with Crippen molar-refractivity contribution in [2.24, 2.45) is 0 Å². The zero-order valence-corrected chi connectivity index (χ0v) is 47.2. The lowest BCUT2D eigenvalue weighted by Crippen LogP contribution is -2.66. The van der Waals surface area contributed by atoms with E-state index >= 15 is 0 Å². The minimum absolute atomic E-state index is 0.187. The fourth-order valence-electron chi connectivity index (χ4n) is 9.01. The summed E-state index contributed by atoms with van der Waals surface area (Å²) in [5.41, 5.74) is 0. The number of aliphatic hydroxyl groups is 11. The van der Waals surface area contributed by atoms with E-state index in [0.29, 0.717) is 12.8 Å². The molecule has 3 fully saturated rings. The van der Waals surface area contributed by atoms with Gasteiger partial charge >= 0.3 is 0 Å². The van der Waals surface area contributed by atoms with Crippen molar-refractivity contribution in [3.63, 3.8) is 0 Å². The number of ether oxygens (including phenoxy) is 6. The first-order valence-electron chi connectivity index (χ1n) is 29.1. The van der Waals surface area contributed by atoms with Crippen LogP contribution in [0.15, 0.2) is 109 Å². The average molecular weight is 1130 g/mol. The third-order valence-electron chi connectivity index (χ3n) is 13.8. The highest BCUT2D eigenvalue weighted by Gasteiger charge is 2.53. The fourth-order valence-corrected chi connectivity index (χ4v) is 9.01. The van der Waals surface area contributed by atoms with Crippen molar-refractivity contribution in [1.82, 2.24) is 5.32 Å². The number of amides is 1. The number of carbonyl (C=O) groups excluding carboxylic acids is 1. The van der Waals surface area contributed by atoms with E-state index < -0.39 is 124 Å². The number of nitrogens with one attached hydrogen (secondary N) is 1. The number of hydrogen-bond acceptors (Lipinski definition) is 18. The van der Waals surface area contributed by atoms with E-state index in [-0.39, 0.29) is 18.9 Å². The summed E-state index contributed by atoms with van der Waals surface area (Å²) in [5, 5.41) is 120. The summed E-state index contributed by atoms with van der Waals surface area (Å²) in [6.45, 7) is 1.47. The Morgan fingerprint density at radius 1 is 0.463 bits per heavy atom. The molecule has 3 aliphatic rings. The Bertz CT molecular complexity index is 1880. The summed E-state index contributed by atoms with van der Waals surface area (Å²) < 4.78 is 34.1. The smallest absolute Gasteiger partial charge is 0.220 e. The van der Waals surface area contributed by atoms with Gasteiger partial charge in [0.05, 0.1) is 38.6 Å². The molecule has 19 heteroatoms. The lowest BCUT2D eigenvalue weighted by atomic mass is 9.96. The van der Waals surface area contributed by atoms with Crippen LogP contribution in [0.25, 0.3) is 0 Å². The van der Waals surface area contributed by atoms with E-state index in [4.69, 9.17) is 28.4 Å². The molecule has 0 bridgehead atoms. The standard InChI is InChI=1S/C61H99NO18/c1-3-5-7-9-11-13-15-16-17-18-19-20-21-22-23-24-25-26-27-28-29-31-33-35-37-39-49(67)62-44(45(66)38-36-34-32-30-14-12-10-8-6-4-2)43-75-59-55(73)52(70)57(47(41-64)77-59)80-61-56(74)53(71)58(48(42-65)78-61)79-60-54(72)51(69)50(68)46(40-63)76-60/h5,7,11,13-14,16-17,19-20,22-23,25-26,28-30,36,38,44-48,50-61,63-66,68-74H,3-4,6,8-10,12,15,18,21,24,27,31-35,37,39-43H2,1-2H3,(H,62,67)/b7-5-,13-11-,17-16-,20-19-,23-22-,26-25-,29-28-,30-14+,38-36+. The molecule has 0 aliphatic carbocycles. The van der Waals surface area contributed by atoms with Crippen LogP contribution in [0.2, 0.25) is 0 Å². The summed E-state index contributed by atoms with van der Waals surface area (Å²) in [4.78, 5) is 13.3. The summed E-state index contributed by atoms with van der Waals surface area (Å²) in [6.07, 6.45) is 28.1. The van der Waals surface area contributed by atoms with Gasteiger partial charge in [0.1, 0.15) is 73.2 Å². The van der Waals surface area contributed by atoms with Crippen molar-refractivity contribution in [3.8, 4) is 0 Å². The molecule has 1 amide bonds. The lowest BCUT2D eigenvalue weighted by Gasteiger charge is -2.48. The van der Waals surface area contributed by atoms with Gasteiger partial charge < -0.3 is 89.9 Å². The molecule has 3 heterocycles. The van der Waals surface area contributed by atoms with Gasteiger partial charge in [-0.3, -0.25) is 4.79 Å². The summed E-state index contributed by atoms with van der Waals surface area (Å²) in [7, 11) is 0. The molecule has 456 valence electrons. The highest BCUT2D eigenvalue weighted by Crippen LogP contribution is 2.33. The summed E-state index contributed by atoms with van der Waals surface area (Å²) in [5.74, 6) is -0.327. The predicted octanol–water partition coefficient (Wildman–Crippen LogP) is 4.75. The van der Waals surface area contributed by atoms with Gasteiger partial charge in [0.15, 0.2) is 18.9 Å². The van der Waals surface area contributed by atoms with Crippen LogP contribution in [0.3, 0.4) is 0 Å². The average Bonchev–Trinajstić information content (AvgIpc) is 3.47. The minimum atomic E-state index is -1.99. The van der Waals surface area contributed by atoms with E-state index in [0.717, 1.165) is 83.5 Å². The molecule has 80 heavy (non-hydrogen) atoms. The van der Waals surface area contributed by atoms with Crippen LogP contribution in [0.4, 0.5) is 0 Å². The SMILES string of the molecule is CC/C=C\C/C=C\C/C=C\C/C=C\C/C=C\C/C=C\C/C=C\CCCCCC(=O)NC(COC1OC(CO)C(OC2OC(CO)C(OC3OC(CO)C(O)C(O)C3O)C(O)C2O)C(O)C1O)C(O)/C=C/CC/C=C/CCCCCC. The van der Waals surface area contributed by atoms with Crippen LogP contribution < -0.4 is 5.32 Å². The number of hydrogen-bond donors (Lipinski definition) is 12. The van der Waals surface area contributed by atoms with Crippen LogP contribution in [0.1, 0.15) is 136 Å². The first kappa shape index (κ1) is 70.7. The Labute approximate surface area is 475 Å². The number of unbranched alkanes of at least 4 members (excludes halogenated alkanes) is 8. The van der Waals surface area contributed by atoms with E-state index in [2.05, 4.69) is 116 Å². The van der Waals surface area contributed by atoms with Gasteiger partial charge in [0.2, 0.25) is 5.91 Å². The quantitative estimate of drug-likeness (QED) is 0.0291. The molecule has 17 unspecified atom stereocenters. The second-order valence-electron chi connectivity index (χ2n) is 20.4. The van der Waals surface area contributed by atoms with Gasteiger partial charge in [-0.2, -0.15) is 0 Å². The maximum Gasteiger partial charge on any atom is 0.220 e.